The third kappa shape index (κ3) is 3.37. The second kappa shape index (κ2) is 6.61. The number of rotatable bonds is 3. The predicted octanol–water partition coefficient (Wildman–Crippen LogP) is 4.03. The number of aromatic nitrogens is 2. The largest absolute Gasteiger partial charge is 0.508 e. The van der Waals surface area contributed by atoms with Crippen LogP contribution in [0.2, 0.25) is 5.02 Å². The first-order chi connectivity index (χ1) is 11.9. The van der Waals surface area contributed by atoms with Crippen LogP contribution in [0, 0.1) is 6.92 Å². The molecule has 0 unspecified atom stereocenters. The summed E-state index contributed by atoms with van der Waals surface area (Å²) in [5.41, 5.74) is 3.48. The molecule has 1 aromatic heterocycles. The number of aromatic hydroxyl groups is 1. The molecule has 3 aromatic rings. The Morgan fingerprint density at radius 2 is 1.84 bits per heavy atom. The van der Waals surface area contributed by atoms with Crippen LogP contribution in [0.3, 0.4) is 0 Å². The average molecular weight is 356 g/mol. The molecule has 2 aromatic carbocycles. The Morgan fingerprint density at radius 3 is 2.48 bits per heavy atom. The lowest BCUT2D eigenvalue weighted by Crippen LogP contribution is -2.28. The quantitative estimate of drug-likeness (QED) is 0.771. The zero-order valence-corrected chi connectivity index (χ0v) is 14.9. The maximum absolute atomic E-state index is 12.8. The minimum Gasteiger partial charge on any atom is -0.508 e. The number of amides is 1. The Hall–Kier alpha value is -2.79. The van der Waals surface area contributed by atoms with E-state index < -0.39 is 0 Å². The van der Waals surface area contributed by atoms with E-state index in [0.717, 1.165) is 5.56 Å². The zero-order chi connectivity index (χ0) is 18.1. The SMILES string of the molecule is Cc1cc(N(C)C(=O)c2cc(-c3ccc(Cl)cc3)nn2C)ccc1O. The van der Waals surface area contributed by atoms with Crippen molar-refractivity contribution in [1.82, 2.24) is 9.78 Å². The molecule has 0 atom stereocenters. The number of hydrogen-bond acceptors (Lipinski definition) is 3. The van der Waals surface area contributed by atoms with Crippen molar-refractivity contribution in [3.05, 3.63) is 64.8 Å². The highest BCUT2D eigenvalue weighted by Gasteiger charge is 2.19. The summed E-state index contributed by atoms with van der Waals surface area (Å²) in [4.78, 5) is 14.4. The lowest BCUT2D eigenvalue weighted by molar-refractivity contribution is 0.0984. The van der Waals surface area contributed by atoms with Crippen molar-refractivity contribution >= 4 is 23.2 Å². The van der Waals surface area contributed by atoms with Gasteiger partial charge in [0, 0.05) is 30.4 Å². The molecule has 1 amide bonds. The number of nitrogens with zero attached hydrogens (tertiary/aromatic N) is 3. The Morgan fingerprint density at radius 1 is 1.16 bits per heavy atom. The minimum atomic E-state index is -0.180. The molecule has 5 nitrogen and oxygen atoms in total. The van der Waals surface area contributed by atoms with Gasteiger partial charge in [-0.05, 0) is 48.9 Å². The summed E-state index contributed by atoms with van der Waals surface area (Å²) >= 11 is 5.92. The Bertz CT molecular complexity index is 932. The van der Waals surface area contributed by atoms with Gasteiger partial charge in [0.2, 0.25) is 0 Å². The fraction of sp³-hybridized carbons (Fsp3) is 0.158. The molecule has 0 saturated carbocycles. The minimum absolute atomic E-state index is 0.180. The van der Waals surface area contributed by atoms with E-state index in [1.165, 1.54) is 4.90 Å². The topological polar surface area (TPSA) is 58.4 Å². The van der Waals surface area contributed by atoms with E-state index in [2.05, 4.69) is 5.10 Å². The van der Waals surface area contributed by atoms with E-state index in [0.29, 0.717) is 27.7 Å². The number of phenolic OH excluding ortho intramolecular Hbond substituents is 1. The molecule has 0 aliphatic rings. The van der Waals surface area contributed by atoms with Crippen LogP contribution in [-0.2, 0) is 7.05 Å². The number of benzene rings is 2. The van der Waals surface area contributed by atoms with Gasteiger partial charge in [-0.3, -0.25) is 9.48 Å². The molecule has 128 valence electrons. The summed E-state index contributed by atoms with van der Waals surface area (Å²) in [7, 11) is 3.44. The number of hydrogen-bond donors (Lipinski definition) is 1. The van der Waals surface area contributed by atoms with Crippen molar-refractivity contribution in [2.24, 2.45) is 7.05 Å². The highest BCUT2D eigenvalue weighted by Crippen LogP contribution is 2.25. The zero-order valence-electron chi connectivity index (χ0n) is 14.2. The lowest BCUT2D eigenvalue weighted by Gasteiger charge is -2.18. The van der Waals surface area contributed by atoms with E-state index >= 15 is 0 Å². The van der Waals surface area contributed by atoms with E-state index in [1.807, 2.05) is 12.1 Å². The van der Waals surface area contributed by atoms with E-state index in [4.69, 9.17) is 11.6 Å². The van der Waals surface area contributed by atoms with Crippen LogP contribution in [-0.4, -0.2) is 27.8 Å². The second-order valence-electron chi connectivity index (χ2n) is 5.88. The molecule has 0 radical (unpaired) electrons. The van der Waals surface area contributed by atoms with Crippen molar-refractivity contribution in [3.8, 4) is 17.0 Å². The van der Waals surface area contributed by atoms with Crippen LogP contribution in [0.5, 0.6) is 5.75 Å². The highest BCUT2D eigenvalue weighted by molar-refractivity contribution is 6.30. The van der Waals surface area contributed by atoms with Crippen LogP contribution >= 0.6 is 11.6 Å². The van der Waals surface area contributed by atoms with Gasteiger partial charge in [-0.2, -0.15) is 5.10 Å². The van der Waals surface area contributed by atoms with E-state index in [1.54, 1.807) is 62.1 Å². The van der Waals surface area contributed by atoms with Crippen molar-refractivity contribution in [1.29, 1.82) is 0 Å². The molecule has 6 heteroatoms. The first-order valence-electron chi connectivity index (χ1n) is 7.74. The first kappa shape index (κ1) is 17.0. The van der Waals surface area contributed by atoms with Crippen LogP contribution < -0.4 is 4.90 Å². The third-order valence-corrected chi connectivity index (χ3v) is 4.36. The van der Waals surface area contributed by atoms with Crippen molar-refractivity contribution in [2.45, 2.75) is 6.92 Å². The molecule has 0 fully saturated rings. The molecular weight excluding hydrogens is 338 g/mol. The molecule has 1 heterocycles. The van der Waals surface area contributed by atoms with Crippen molar-refractivity contribution < 1.29 is 9.90 Å². The van der Waals surface area contributed by atoms with Gasteiger partial charge in [0.05, 0.1) is 5.69 Å². The van der Waals surface area contributed by atoms with Crippen LogP contribution in [0.4, 0.5) is 5.69 Å². The molecular formula is C19H18ClN3O2. The summed E-state index contributed by atoms with van der Waals surface area (Å²) in [6, 6.07) is 14.1. The number of carbonyl (C=O) groups is 1. The number of carbonyl (C=O) groups excluding carboxylic acids is 1. The van der Waals surface area contributed by atoms with Crippen LogP contribution in [0.1, 0.15) is 16.1 Å². The Labute approximate surface area is 151 Å². The first-order valence-corrected chi connectivity index (χ1v) is 8.12. The summed E-state index contributed by atoms with van der Waals surface area (Å²) in [5, 5.41) is 14.7. The van der Waals surface area contributed by atoms with Gasteiger partial charge in [0.25, 0.3) is 5.91 Å². The number of phenols is 1. The van der Waals surface area contributed by atoms with Gasteiger partial charge in [0.15, 0.2) is 0 Å². The monoisotopic (exact) mass is 355 g/mol. The maximum atomic E-state index is 12.8. The maximum Gasteiger partial charge on any atom is 0.276 e. The number of aryl methyl sites for hydroxylation is 2. The van der Waals surface area contributed by atoms with Gasteiger partial charge in [-0.15, -0.1) is 0 Å². The van der Waals surface area contributed by atoms with Crippen molar-refractivity contribution in [2.75, 3.05) is 11.9 Å². The lowest BCUT2D eigenvalue weighted by atomic mass is 10.1. The molecule has 0 bridgehead atoms. The average Bonchev–Trinajstić information content (AvgIpc) is 2.98. The fourth-order valence-corrected chi connectivity index (χ4v) is 2.69. The van der Waals surface area contributed by atoms with Gasteiger partial charge in [-0.25, -0.2) is 0 Å². The summed E-state index contributed by atoms with van der Waals surface area (Å²) < 4.78 is 1.57. The van der Waals surface area contributed by atoms with Crippen LogP contribution in [0.15, 0.2) is 48.5 Å². The van der Waals surface area contributed by atoms with E-state index in [-0.39, 0.29) is 11.7 Å². The number of halogens is 1. The number of anilines is 1. The van der Waals surface area contributed by atoms with Gasteiger partial charge in [-0.1, -0.05) is 23.7 Å². The second-order valence-corrected chi connectivity index (χ2v) is 6.32. The molecule has 25 heavy (non-hydrogen) atoms. The smallest absolute Gasteiger partial charge is 0.276 e. The van der Waals surface area contributed by atoms with Crippen molar-refractivity contribution in [3.63, 3.8) is 0 Å². The van der Waals surface area contributed by atoms with Gasteiger partial charge < -0.3 is 10.0 Å². The summed E-state index contributed by atoms with van der Waals surface area (Å²) in [6.45, 7) is 1.79. The summed E-state index contributed by atoms with van der Waals surface area (Å²) in [5.74, 6) is 0.0236. The van der Waals surface area contributed by atoms with E-state index in [9.17, 15) is 9.90 Å². The molecule has 0 aliphatic carbocycles. The highest BCUT2D eigenvalue weighted by atomic mass is 35.5. The molecule has 3 rings (SSSR count). The van der Waals surface area contributed by atoms with Gasteiger partial charge >= 0.3 is 0 Å². The Kier molecular flexibility index (Phi) is 4.51. The Balaban J connectivity index is 1.91. The molecule has 0 aliphatic heterocycles. The predicted molar refractivity (Wildman–Crippen MR) is 99.2 cm³/mol. The molecule has 0 spiro atoms. The standard InChI is InChI=1S/C19H18ClN3O2/c1-12-10-15(8-9-18(12)24)22(2)19(25)17-11-16(21-23(17)3)13-4-6-14(20)7-5-13/h4-11,24H,1-3H3. The molecule has 0 saturated heterocycles. The summed E-state index contributed by atoms with van der Waals surface area (Å²) in [6.07, 6.45) is 0. The fourth-order valence-electron chi connectivity index (χ4n) is 2.57. The third-order valence-electron chi connectivity index (χ3n) is 4.11. The van der Waals surface area contributed by atoms with Gasteiger partial charge in [0.1, 0.15) is 11.4 Å². The van der Waals surface area contributed by atoms with Crippen LogP contribution in [0.25, 0.3) is 11.3 Å². The molecule has 1 N–H and O–H groups in total. The normalized spacial score (nSPS) is 10.7.